The van der Waals surface area contributed by atoms with E-state index in [4.69, 9.17) is 4.74 Å². The Balaban J connectivity index is 0.00000132. The van der Waals surface area contributed by atoms with E-state index in [1.54, 1.807) is 0 Å². The number of nitrogens with one attached hydrogen (secondary N) is 2. The Labute approximate surface area is 152 Å². The van der Waals surface area contributed by atoms with Crippen molar-refractivity contribution in [2.24, 2.45) is 11.3 Å². The van der Waals surface area contributed by atoms with E-state index in [1.807, 2.05) is 0 Å². The molecule has 1 unspecified atom stereocenters. The fourth-order valence-corrected chi connectivity index (χ4v) is 4.25. The highest BCUT2D eigenvalue weighted by Crippen LogP contribution is 2.43. The molecular weight excluding hydrogens is 337 g/mol. The molecule has 0 radical (unpaired) electrons. The first-order chi connectivity index (χ1) is 10.2. The average Bonchev–Trinajstić information content (AvgIpc) is 2.98. The fourth-order valence-electron chi connectivity index (χ4n) is 4.25. The zero-order valence-electron chi connectivity index (χ0n) is 14.0. The molecule has 1 saturated carbocycles. The van der Waals surface area contributed by atoms with Crippen LogP contribution in [0.5, 0.6) is 0 Å². The maximum atomic E-state index is 12.8. The van der Waals surface area contributed by atoms with Crippen LogP contribution in [-0.4, -0.2) is 62.8 Å². The van der Waals surface area contributed by atoms with E-state index in [2.05, 4.69) is 22.5 Å². The second kappa shape index (κ2) is 9.42. The van der Waals surface area contributed by atoms with Gasteiger partial charge < -0.3 is 15.4 Å². The molecule has 0 spiro atoms. The minimum absolute atomic E-state index is 0. The van der Waals surface area contributed by atoms with Gasteiger partial charge in [-0.15, -0.1) is 24.8 Å². The summed E-state index contributed by atoms with van der Waals surface area (Å²) in [4.78, 5) is 15.2. The second-order valence-electron chi connectivity index (χ2n) is 6.94. The fraction of sp³-hybridized carbons (Fsp3) is 0.938. The van der Waals surface area contributed by atoms with Crippen LogP contribution in [0.15, 0.2) is 0 Å². The molecule has 5 nitrogen and oxygen atoms in total. The molecule has 2 heterocycles. The molecule has 3 rings (SSSR count). The normalized spacial score (nSPS) is 32.1. The lowest BCUT2D eigenvalue weighted by Gasteiger charge is -2.38. The first-order valence-electron chi connectivity index (χ1n) is 8.53. The topological polar surface area (TPSA) is 53.6 Å². The molecule has 2 aliphatic heterocycles. The summed E-state index contributed by atoms with van der Waals surface area (Å²) in [6, 6.07) is 0.394. The van der Waals surface area contributed by atoms with Gasteiger partial charge in [0.05, 0.1) is 18.6 Å². The van der Waals surface area contributed by atoms with Gasteiger partial charge in [0.2, 0.25) is 5.91 Å². The molecule has 23 heavy (non-hydrogen) atoms. The lowest BCUT2D eigenvalue weighted by atomic mass is 9.67. The van der Waals surface area contributed by atoms with E-state index in [1.165, 1.54) is 19.3 Å². The van der Waals surface area contributed by atoms with Gasteiger partial charge >= 0.3 is 0 Å². The highest BCUT2D eigenvalue weighted by Gasteiger charge is 2.49. The van der Waals surface area contributed by atoms with Gasteiger partial charge in [-0.25, -0.2) is 0 Å². The van der Waals surface area contributed by atoms with Crippen LogP contribution in [0.3, 0.4) is 0 Å². The number of carbonyl (C=O) groups excluding carboxylic acids is 1. The SMILES string of the molecule is CC(CNC(=O)[C@@]12CCCC[C@H]1CNC2)N1CCOCC1.Cl.Cl. The van der Waals surface area contributed by atoms with Crippen molar-refractivity contribution in [1.29, 1.82) is 0 Å². The molecule has 3 fully saturated rings. The van der Waals surface area contributed by atoms with Crippen molar-refractivity contribution in [3.8, 4) is 0 Å². The number of fused-ring (bicyclic) bond motifs is 1. The maximum absolute atomic E-state index is 12.8. The molecule has 1 amide bonds. The molecule has 2 saturated heterocycles. The standard InChI is InChI=1S/C16H29N3O2.2ClH/c1-13(19-6-8-21-9-7-19)10-18-15(20)16-5-3-2-4-14(16)11-17-12-16;;/h13-14,17H,2-12H2,1H3,(H,18,20);2*1H/t13?,14-,16+;;/m0../s1. The minimum atomic E-state index is -0.122. The van der Waals surface area contributed by atoms with Crippen LogP contribution in [0.25, 0.3) is 0 Å². The third-order valence-corrected chi connectivity index (χ3v) is 5.72. The highest BCUT2D eigenvalue weighted by atomic mass is 35.5. The van der Waals surface area contributed by atoms with Gasteiger partial charge in [-0.3, -0.25) is 9.69 Å². The summed E-state index contributed by atoms with van der Waals surface area (Å²) in [5, 5.41) is 6.70. The van der Waals surface area contributed by atoms with Crippen molar-refractivity contribution in [2.45, 2.75) is 38.6 Å². The van der Waals surface area contributed by atoms with Gasteiger partial charge in [0.25, 0.3) is 0 Å². The summed E-state index contributed by atoms with van der Waals surface area (Å²) < 4.78 is 5.39. The minimum Gasteiger partial charge on any atom is -0.379 e. The summed E-state index contributed by atoms with van der Waals surface area (Å²) in [6.07, 6.45) is 4.75. The summed E-state index contributed by atoms with van der Waals surface area (Å²) in [5.74, 6) is 0.835. The predicted molar refractivity (Wildman–Crippen MR) is 96.6 cm³/mol. The Morgan fingerprint density at radius 2 is 2.09 bits per heavy atom. The smallest absolute Gasteiger partial charge is 0.227 e. The largest absolute Gasteiger partial charge is 0.379 e. The Bertz CT molecular complexity index is 380. The zero-order valence-corrected chi connectivity index (χ0v) is 15.6. The van der Waals surface area contributed by atoms with Crippen LogP contribution in [0.4, 0.5) is 0 Å². The monoisotopic (exact) mass is 367 g/mol. The van der Waals surface area contributed by atoms with Gasteiger partial charge in [0.1, 0.15) is 0 Å². The first kappa shape index (κ1) is 21.0. The number of hydrogen-bond acceptors (Lipinski definition) is 4. The molecule has 0 aromatic rings. The Kier molecular flexibility index (Phi) is 8.59. The molecule has 3 atom stereocenters. The lowest BCUT2D eigenvalue weighted by molar-refractivity contribution is -0.134. The Hall–Kier alpha value is -0.0700. The predicted octanol–water partition coefficient (Wildman–Crippen LogP) is 1.45. The molecule has 7 heteroatoms. The highest BCUT2D eigenvalue weighted by molar-refractivity contribution is 5.85. The lowest BCUT2D eigenvalue weighted by Crippen LogP contribution is -2.52. The molecule has 0 aromatic heterocycles. The molecule has 3 aliphatic rings. The number of carbonyl (C=O) groups is 1. The van der Waals surface area contributed by atoms with Gasteiger partial charge in [-0.05, 0) is 32.2 Å². The number of hydrogen-bond donors (Lipinski definition) is 2. The van der Waals surface area contributed by atoms with E-state index < -0.39 is 0 Å². The summed E-state index contributed by atoms with van der Waals surface area (Å²) in [5.41, 5.74) is -0.122. The average molecular weight is 368 g/mol. The van der Waals surface area contributed by atoms with Crippen LogP contribution in [0.1, 0.15) is 32.6 Å². The van der Waals surface area contributed by atoms with Crippen molar-refractivity contribution >= 4 is 30.7 Å². The molecule has 0 aromatic carbocycles. The Morgan fingerprint density at radius 1 is 1.35 bits per heavy atom. The summed E-state index contributed by atoms with van der Waals surface area (Å²) in [6.45, 7) is 8.44. The maximum Gasteiger partial charge on any atom is 0.227 e. The Morgan fingerprint density at radius 3 is 2.83 bits per heavy atom. The van der Waals surface area contributed by atoms with Crippen molar-refractivity contribution in [1.82, 2.24) is 15.5 Å². The number of ether oxygens (including phenoxy) is 1. The van der Waals surface area contributed by atoms with Crippen molar-refractivity contribution in [3.05, 3.63) is 0 Å². The van der Waals surface area contributed by atoms with Crippen LogP contribution >= 0.6 is 24.8 Å². The molecule has 0 bridgehead atoms. The molecule has 1 aliphatic carbocycles. The molecule has 2 N–H and O–H groups in total. The second-order valence-corrected chi connectivity index (χ2v) is 6.94. The van der Waals surface area contributed by atoms with Crippen molar-refractivity contribution < 1.29 is 9.53 Å². The summed E-state index contributed by atoms with van der Waals surface area (Å²) >= 11 is 0. The third kappa shape index (κ3) is 4.51. The number of amides is 1. The van der Waals surface area contributed by atoms with E-state index in [0.29, 0.717) is 12.0 Å². The van der Waals surface area contributed by atoms with Gasteiger partial charge in [-0.2, -0.15) is 0 Å². The number of nitrogens with zero attached hydrogens (tertiary/aromatic N) is 1. The molecular formula is C16H31Cl2N3O2. The van der Waals surface area contributed by atoms with Crippen LogP contribution < -0.4 is 10.6 Å². The number of rotatable bonds is 4. The van der Waals surface area contributed by atoms with Crippen molar-refractivity contribution in [2.75, 3.05) is 45.9 Å². The van der Waals surface area contributed by atoms with E-state index in [-0.39, 0.29) is 36.1 Å². The number of halogens is 2. The van der Waals surface area contributed by atoms with Crippen LogP contribution in [0, 0.1) is 11.3 Å². The molecule has 136 valence electrons. The van der Waals surface area contributed by atoms with Gasteiger partial charge in [0, 0.05) is 32.2 Å². The van der Waals surface area contributed by atoms with E-state index in [0.717, 1.165) is 52.4 Å². The van der Waals surface area contributed by atoms with Crippen LogP contribution in [0.2, 0.25) is 0 Å². The van der Waals surface area contributed by atoms with E-state index in [9.17, 15) is 4.79 Å². The number of morpholine rings is 1. The first-order valence-corrected chi connectivity index (χ1v) is 8.53. The van der Waals surface area contributed by atoms with Crippen LogP contribution in [-0.2, 0) is 9.53 Å². The van der Waals surface area contributed by atoms with Gasteiger partial charge in [0.15, 0.2) is 0 Å². The third-order valence-electron chi connectivity index (χ3n) is 5.72. The summed E-state index contributed by atoms with van der Waals surface area (Å²) in [7, 11) is 0. The van der Waals surface area contributed by atoms with Gasteiger partial charge in [-0.1, -0.05) is 12.8 Å². The van der Waals surface area contributed by atoms with Crippen molar-refractivity contribution in [3.63, 3.8) is 0 Å². The zero-order chi connectivity index (χ0) is 14.7. The quantitative estimate of drug-likeness (QED) is 0.789. The van der Waals surface area contributed by atoms with E-state index >= 15 is 0 Å².